The summed E-state index contributed by atoms with van der Waals surface area (Å²) in [5, 5.41) is 4.83. The summed E-state index contributed by atoms with van der Waals surface area (Å²) in [7, 11) is 0. The largest absolute Gasteiger partial charge is 0.492 e. The number of benzene rings is 3. The van der Waals surface area contributed by atoms with E-state index in [9.17, 15) is 9.59 Å². The zero-order valence-corrected chi connectivity index (χ0v) is 19.6. The van der Waals surface area contributed by atoms with Crippen molar-refractivity contribution in [2.45, 2.75) is 12.8 Å². The molecule has 0 aliphatic heterocycles. The zero-order valence-electron chi connectivity index (χ0n) is 18.1. The van der Waals surface area contributed by atoms with E-state index in [0.29, 0.717) is 40.3 Å². The Bertz CT molecular complexity index is 1120. The number of carbonyl (C=O) groups excluding carboxylic acids is 2. The Balaban J connectivity index is 1.34. The molecule has 1 N–H and O–H groups in total. The minimum absolute atomic E-state index is 0.145. The molecular weight excluding hydrogens is 479 g/mol. The van der Waals surface area contributed by atoms with Gasteiger partial charge in [0.15, 0.2) is 6.61 Å². The van der Waals surface area contributed by atoms with Crippen LogP contribution in [0.15, 0.2) is 77.9 Å². The number of amides is 1. The Morgan fingerprint density at radius 2 is 1.68 bits per heavy atom. The van der Waals surface area contributed by atoms with Gasteiger partial charge in [0.05, 0.1) is 17.8 Å². The van der Waals surface area contributed by atoms with Gasteiger partial charge in [0.1, 0.15) is 17.2 Å². The second-order valence-corrected chi connectivity index (χ2v) is 7.81. The average molecular weight is 501 g/mol. The molecule has 0 bridgehead atoms. The number of nitrogens with one attached hydrogen (secondary N) is 1. The summed E-state index contributed by atoms with van der Waals surface area (Å²) in [6.07, 6.45) is 2.13. The molecule has 0 saturated carbocycles. The number of ether oxygens (including phenoxy) is 3. The van der Waals surface area contributed by atoms with Crippen LogP contribution in [0.5, 0.6) is 17.2 Å². The van der Waals surface area contributed by atoms with Crippen molar-refractivity contribution in [2.24, 2.45) is 5.10 Å². The molecule has 0 heterocycles. The van der Waals surface area contributed by atoms with Gasteiger partial charge in [-0.2, -0.15) is 5.10 Å². The van der Waals surface area contributed by atoms with Gasteiger partial charge < -0.3 is 14.2 Å². The van der Waals surface area contributed by atoms with Crippen molar-refractivity contribution in [3.63, 3.8) is 0 Å². The predicted octanol–water partition coefficient (Wildman–Crippen LogP) is 5.29. The fraction of sp³-hybridized carbons (Fsp3) is 0.160. The fourth-order valence-corrected chi connectivity index (χ4v) is 3.14. The van der Waals surface area contributed by atoms with Gasteiger partial charge in [-0.25, -0.2) is 5.43 Å². The molecule has 0 saturated heterocycles. The molecule has 9 heteroatoms. The van der Waals surface area contributed by atoms with Crippen molar-refractivity contribution in [3.05, 3.63) is 88.4 Å². The maximum Gasteiger partial charge on any atom is 0.311 e. The number of halogens is 2. The molecule has 0 unspecified atom stereocenters. The number of esters is 1. The van der Waals surface area contributed by atoms with Crippen LogP contribution in [0, 0.1) is 0 Å². The summed E-state index contributed by atoms with van der Waals surface area (Å²) < 4.78 is 16.2. The topological polar surface area (TPSA) is 86.2 Å². The van der Waals surface area contributed by atoms with Gasteiger partial charge in [-0.05, 0) is 66.6 Å². The zero-order chi connectivity index (χ0) is 24.2. The van der Waals surface area contributed by atoms with E-state index < -0.39 is 0 Å². The molecule has 7 nitrogen and oxygen atoms in total. The maximum atomic E-state index is 12.0. The smallest absolute Gasteiger partial charge is 0.311 e. The summed E-state index contributed by atoms with van der Waals surface area (Å²) in [5.74, 6) is 0.761. The number of hydrogen-bond donors (Lipinski definition) is 1. The first-order valence-electron chi connectivity index (χ1n) is 10.4. The quantitative estimate of drug-likeness (QED) is 0.127. The van der Waals surface area contributed by atoms with E-state index in [1.807, 2.05) is 18.2 Å². The molecule has 0 atom stereocenters. The van der Waals surface area contributed by atoms with Crippen LogP contribution in [-0.4, -0.2) is 31.3 Å². The van der Waals surface area contributed by atoms with Gasteiger partial charge in [-0.15, -0.1) is 0 Å². The Labute approximate surface area is 207 Å². The van der Waals surface area contributed by atoms with Gasteiger partial charge >= 0.3 is 5.97 Å². The van der Waals surface area contributed by atoms with Crippen molar-refractivity contribution in [1.82, 2.24) is 5.43 Å². The van der Waals surface area contributed by atoms with Gasteiger partial charge in [0, 0.05) is 11.4 Å². The summed E-state index contributed by atoms with van der Waals surface area (Å²) in [6, 6.07) is 20.7. The minimum Gasteiger partial charge on any atom is -0.492 e. The highest BCUT2D eigenvalue weighted by Crippen LogP contribution is 2.27. The third-order valence-corrected chi connectivity index (χ3v) is 4.83. The summed E-state index contributed by atoms with van der Waals surface area (Å²) in [4.78, 5) is 23.8. The summed E-state index contributed by atoms with van der Waals surface area (Å²) >= 11 is 11.9. The lowest BCUT2D eigenvalue weighted by Crippen LogP contribution is -2.24. The molecule has 34 heavy (non-hydrogen) atoms. The van der Waals surface area contributed by atoms with E-state index >= 15 is 0 Å². The van der Waals surface area contributed by atoms with Crippen molar-refractivity contribution >= 4 is 41.3 Å². The standard InChI is InChI=1S/C25H22Cl2N2O5/c26-19-10-13-23(22(27)15-19)32-14-4-7-25(31)34-21-11-8-18(9-12-21)16-28-29-24(30)17-33-20-5-2-1-3-6-20/h1-3,5-6,8-13,15-16H,4,7,14,17H2,(H,29,30)/b28-16+. The summed E-state index contributed by atoms with van der Waals surface area (Å²) in [5.41, 5.74) is 3.11. The fourth-order valence-electron chi connectivity index (χ4n) is 2.67. The number of carbonyl (C=O) groups is 2. The monoisotopic (exact) mass is 500 g/mol. The summed E-state index contributed by atoms with van der Waals surface area (Å²) in [6.45, 7) is 0.169. The van der Waals surface area contributed by atoms with Gasteiger partial charge in [0.25, 0.3) is 5.91 Å². The first-order chi connectivity index (χ1) is 16.5. The molecule has 0 spiro atoms. The second kappa shape index (κ2) is 13.2. The van der Waals surface area contributed by atoms with Crippen molar-refractivity contribution in [2.75, 3.05) is 13.2 Å². The van der Waals surface area contributed by atoms with Crippen LogP contribution in [0.1, 0.15) is 18.4 Å². The molecule has 3 aromatic carbocycles. The average Bonchev–Trinajstić information content (AvgIpc) is 2.83. The van der Waals surface area contributed by atoms with E-state index in [-0.39, 0.29) is 24.9 Å². The molecule has 3 rings (SSSR count). The van der Waals surface area contributed by atoms with Crippen LogP contribution in [0.4, 0.5) is 0 Å². The van der Waals surface area contributed by atoms with Crippen molar-refractivity contribution in [1.29, 1.82) is 0 Å². The Morgan fingerprint density at radius 1 is 0.912 bits per heavy atom. The van der Waals surface area contributed by atoms with Gasteiger partial charge in [0.2, 0.25) is 0 Å². The molecule has 0 aliphatic rings. The number of hydrogen-bond acceptors (Lipinski definition) is 6. The second-order valence-electron chi connectivity index (χ2n) is 6.96. The van der Waals surface area contributed by atoms with E-state index in [2.05, 4.69) is 10.5 Å². The molecule has 0 aliphatic carbocycles. The number of para-hydroxylation sites is 1. The maximum absolute atomic E-state index is 12.0. The molecule has 0 aromatic heterocycles. The minimum atomic E-state index is -0.382. The van der Waals surface area contributed by atoms with E-state index in [1.165, 1.54) is 6.21 Å². The van der Waals surface area contributed by atoms with E-state index in [1.54, 1.807) is 54.6 Å². The Kier molecular flexibility index (Phi) is 9.76. The highest BCUT2D eigenvalue weighted by Gasteiger charge is 2.07. The lowest BCUT2D eigenvalue weighted by atomic mass is 10.2. The predicted molar refractivity (Wildman–Crippen MR) is 131 cm³/mol. The number of rotatable bonds is 11. The Hall–Kier alpha value is -3.55. The van der Waals surface area contributed by atoms with Gasteiger partial charge in [-0.1, -0.05) is 41.4 Å². The molecule has 0 radical (unpaired) electrons. The molecular formula is C25H22Cl2N2O5. The molecule has 1 amide bonds. The first kappa shape index (κ1) is 25.1. The SMILES string of the molecule is O=C(COc1ccccc1)N/N=C/c1ccc(OC(=O)CCCOc2ccc(Cl)cc2Cl)cc1. The third-order valence-electron chi connectivity index (χ3n) is 4.30. The van der Waals surface area contributed by atoms with E-state index in [0.717, 1.165) is 5.56 Å². The highest BCUT2D eigenvalue weighted by molar-refractivity contribution is 6.35. The lowest BCUT2D eigenvalue weighted by Gasteiger charge is -2.08. The molecule has 0 fully saturated rings. The van der Waals surface area contributed by atoms with Crippen LogP contribution < -0.4 is 19.6 Å². The molecule has 176 valence electrons. The lowest BCUT2D eigenvalue weighted by molar-refractivity contribution is -0.134. The highest BCUT2D eigenvalue weighted by atomic mass is 35.5. The van der Waals surface area contributed by atoms with Gasteiger partial charge in [-0.3, -0.25) is 9.59 Å². The van der Waals surface area contributed by atoms with Crippen molar-refractivity contribution < 1.29 is 23.8 Å². The molecule has 3 aromatic rings. The van der Waals surface area contributed by atoms with Crippen LogP contribution in [0.2, 0.25) is 10.0 Å². The first-order valence-corrected chi connectivity index (χ1v) is 11.1. The van der Waals surface area contributed by atoms with Crippen LogP contribution in [0.25, 0.3) is 0 Å². The van der Waals surface area contributed by atoms with Crippen LogP contribution in [0.3, 0.4) is 0 Å². The normalized spacial score (nSPS) is 10.6. The number of hydrazone groups is 1. The van der Waals surface area contributed by atoms with Crippen LogP contribution in [-0.2, 0) is 9.59 Å². The Morgan fingerprint density at radius 3 is 2.41 bits per heavy atom. The number of nitrogens with zero attached hydrogens (tertiary/aromatic N) is 1. The van der Waals surface area contributed by atoms with E-state index in [4.69, 9.17) is 37.4 Å². The third kappa shape index (κ3) is 8.77. The van der Waals surface area contributed by atoms with Crippen LogP contribution >= 0.6 is 23.2 Å². The van der Waals surface area contributed by atoms with Crippen molar-refractivity contribution in [3.8, 4) is 17.2 Å².